The second-order valence-electron chi connectivity index (χ2n) is 4.25. The smallest absolute Gasteiger partial charge is 0.148 e. The molecule has 0 aliphatic heterocycles. The lowest BCUT2D eigenvalue weighted by Crippen LogP contribution is -2.27. The van der Waals surface area contributed by atoms with Gasteiger partial charge in [-0.1, -0.05) is 13.8 Å². The molecule has 1 rings (SSSR count). The van der Waals surface area contributed by atoms with Crippen molar-refractivity contribution < 1.29 is 0 Å². The van der Waals surface area contributed by atoms with Crippen LogP contribution in [0, 0.1) is 11.3 Å². The van der Waals surface area contributed by atoms with E-state index in [4.69, 9.17) is 11.1 Å². The fourth-order valence-corrected chi connectivity index (χ4v) is 1.88. The van der Waals surface area contributed by atoms with Gasteiger partial charge in [-0.2, -0.15) is 5.26 Å². The molecule has 1 aromatic heterocycles. The van der Waals surface area contributed by atoms with Crippen LogP contribution in [0.4, 0.5) is 11.6 Å². The van der Waals surface area contributed by atoms with Gasteiger partial charge >= 0.3 is 0 Å². The minimum absolute atomic E-state index is 0.253. The maximum absolute atomic E-state index is 8.70. The highest BCUT2D eigenvalue weighted by molar-refractivity contribution is 5.59. The van der Waals surface area contributed by atoms with Crippen molar-refractivity contribution in [2.75, 3.05) is 23.4 Å². The summed E-state index contributed by atoms with van der Waals surface area (Å²) in [6.45, 7) is 7.64. The van der Waals surface area contributed by atoms with E-state index in [1.165, 1.54) is 6.33 Å². The molecule has 1 aromatic rings. The molecule has 0 aliphatic carbocycles. The molecule has 0 atom stereocenters. The molecule has 0 saturated heterocycles. The van der Waals surface area contributed by atoms with E-state index in [1.807, 2.05) is 6.92 Å². The number of hydrazine groups is 1. The number of nitriles is 1. The molecule has 0 aromatic carbocycles. The van der Waals surface area contributed by atoms with E-state index >= 15 is 0 Å². The van der Waals surface area contributed by atoms with Crippen molar-refractivity contribution in [1.82, 2.24) is 9.97 Å². The topological polar surface area (TPSA) is 90.9 Å². The van der Waals surface area contributed by atoms with E-state index in [0.717, 1.165) is 17.9 Å². The number of hydrogen-bond acceptors (Lipinski definition) is 6. The zero-order valence-electron chi connectivity index (χ0n) is 11.1. The summed E-state index contributed by atoms with van der Waals surface area (Å²) in [4.78, 5) is 10.6. The Morgan fingerprint density at radius 2 is 2.22 bits per heavy atom. The molecule has 0 unspecified atom stereocenters. The molecule has 0 saturated carbocycles. The third kappa shape index (κ3) is 3.08. The average molecular weight is 248 g/mol. The minimum Gasteiger partial charge on any atom is -0.355 e. The van der Waals surface area contributed by atoms with E-state index in [-0.39, 0.29) is 5.92 Å². The molecule has 1 heterocycles. The molecule has 6 heteroatoms. The van der Waals surface area contributed by atoms with Gasteiger partial charge < -0.3 is 10.3 Å². The molecule has 6 nitrogen and oxygen atoms in total. The van der Waals surface area contributed by atoms with Gasteiger partial charge in [-0.25, -0.2) is 15.8 Å². The Balaban J connectivity index is 3.17. The number of rotatable bonds is 6. The third-order valence-electron chi connectivity index (χ3n) is 2.75. The van der Waals surface area contributed by atoms with Crippen molar-refractivity contribution >= 4 is 11.6 Å². The fraction of sp³-hybridized carbons (Fsp3) is 0.583. The van der Waals surface area contributed by atoms with Gasteiger partial charge in [0.1, 0.15) is 18.0 Å². The first kappa shape index (κ1) is 14.2. The summed E-state index contributed by atoms with van der Waals surface area (Å²) >= 11 is 0. The van der Waals surface area contributed by atoms with Crippen LogP contribution in [0.1, 0.15) is 38.7 Å². The highest BCUT2D eigenvalue weighted by Gasteiger charge is 2.18. The molecule has 0 aliphatic rings. The Labute approximate surface area is 108 Å². The highest BCUT2D eigenvalue weighted by Crippen LogP contribution is 2.30. The highest BCUT2D eigenvalue weighted by atomic mass is 15.3. The maximum Gasteiger partial charge on any atom is 0.148 e. The monoisotopic (exact) mass is 248 g/mol. The van der Waals surface area contributed by atoms with Crippen molar-refractivity contribution in [3.8, 4) is 6.07 Å². The first-order chi connectivity index (χ1) is 8.65. The lowest BCUT2D eigenvalue weighted by atomic mass is 10.0. The molecular weight excluding hydrogens is 228 g/mol. The minimum atomic E-state index is 0.253. The normalized spacial score (nSPS) is 10.2. The Hall–Kier alpha value is -1.87. The zero-order valence-corrected chi connectivity index (χ0v) is 11.1. The van der Waals surface area contributed by atoms with E-state index < -0.39 is 0 Å². The maximum atomic E-state index is 8.70. The molecule has 0 amide bonds. The van der Waals surface area contributed by atoms with Gasteiger partial charge in [0, 0.05) is 18.7 Å². The predicted molar refractivity (Wildman–Crippen MR) is 72.0 cm³/mol. The van der Waals surface area contributed by atoms with Crippen LogP contribution >= 0.6 is 0 Å². The van der Waals surface area contributed by atoms with Crippen molar-refractivity contribution in [2.45, 2.75) is 33.1 Å². The van der Waals surface area contributed by atoms with Crippen molar-refractivity contribution in [3.05, 3.63) is 11.9 Å². The lowest BCUT2D eigenvalue weighted by molar-refractivity contribution is 0.771. The van der Waals surface area contributed by atoms with Gasteiger partial charge in [-0.05, 0) is 12.8 Å². The van der Waals surface area contributed by atoms with Gasteiger partial charge in [-0.15, -0.1) is 0 Å². The second-order valence-corrected chi connectivity index (χ2v) is 4.25. The molecule has 3 N–H and O–H groups in total. The third-order valence-corrected chi connectivity index (χ3v) is 2.75. The number of nitrogen functional groups attached to an aromatic ring is 1. The summed E-state index contributed by atoms with van der Waals surface area (Å²) in [5.41, 5.74) is 3.60. The van der Waals surface area contributed by atoms with E-state index in [1.54, 1.807) is 0 Å². The first-order valence-corrected chi connectivity index (χ1v) is 6.09. The van der Waals surface area contributed by atoms with Crippen LogP contribution in [0.2, 0.25) is 0 Å². The van der Waals surface area contributed by atoms with Crippen LogP contribution in [0.25, 0.3) is 0 Å². The number of nitrogens with one attached hydrogen (secondary N) is 1. The predicted octanol–water partition coefficient (Wildman–Crippen LogP) is 1.63. The van der Waals surface area contributed by atoms with Crippen LogP contribution in [0.3, 0.4) is 0 Å². The lowest BCUT2D eigenvalue weighted by Gasteiger charge is -2.25. The number of aromatic nitrogens is 2. The van der Waals surface area contributed by atoms with Crippen molar-refractivity contribution in [2.24, 2.45) is 5.84 Å². The molecule has 0 fully saturated rings. The first-order valence-electron chi connectivity index (χ1n) is 6.09. The van der Waals surface area contributed by atoms with E-state index in [0.29, 0.717) is 18.8 Å². The Kier molecular flexibility index (Phi) is 5.33. The van der Waals surface area contributed by atoms with E-state index in [9.17, 15) is 0 Å². The van der Waals surface area contributed by atoms with Gasteiger partial charge in [0.05, 0.1) is 12.5 Å². The summed E-state index contributed by atoms with van der Waals surface area (Å²) in [7, 11) is 0. The van der Waals surface area contributed by atoms with Crippen molar-refractivity contribution in [3.63, 3.8) is 0 Å². The largest absolute Gasteiger partial charge is 0.355 e. The zero-order chi connectivity index (χ0) is 13.5. The fourth-order valence-electron chi connectivity index (χ4n) is 1.88. The van der Waals surface area contributed by atoms with Crippen LogP contribution in [-0.4, -0.2) is 23.1 Å². The second kappa shape index (κ2) is 6.77. The van der Waals surface area contributed by atoms with Crippen molar-refractivity contribution in [1.29, 1.82) is 5.26 Å². The van der Waals surface area contributed by atoms with Crippen LogP contribution in [-0.2, 0) is 0 Å². The standard InChI is InChI=1S/C12H20N6/c1-4-18(7-5-6-13)12-10(9(2)3)11(17-14)15-8-16-12/h8-9H,4-5,7,14H2,1-3H3,(H,15,16,17). The quantitative estimate of drug-likeness (QED) is 0.587. The number of nitrogens with two attached hydrogens (primary N) is 1. The number of nitrogens with zero attached hydrogens (tertiary/aromatic N) is 4. The summed E-state index contributed by atoms with van der Waals surface area (Å²) in [6.07, 6.45) is 1.96. The van der Waals surface area contributed by atoms with E-state index in [2.05, 4.69) is 40.2 Å². The number of anilines is 2. The van der Waals surface area contributed by atoms with Crippen LogP contribution in [0.15, 0.2) is 6.33 Å². The Bertz CT molecular complexity index is 423. The molecule has 98 valence electrons. The Morgan fingerprint density at radius 3 is 2.72 bits per heavy atom. The average Bonchev–Trinajstić information content (AvgIpc) is 2.38. The summed E-state index contributed by atoms with van der Waals surface area (Å²) in [5.74, 6) is 7.24. The summed E-state index contributed by atoms with van der Waals surface area (Å²) < 4.78 is 0. The summed E-state index contributed by atoms with van der Waals surface area (Å²) in [5, 5.41) is 8.70. The van der Waals surface area contributed by atoms with Gasteiger partial charge in [-0.3, -0.25) is 0 Å². The van der Waals surface area contributed by atoms with Gasteiger partial charge in [0.15, 0.2) is 0 Å². The van der Waals surface area contributed by atoms with Crippen LogP contribution < -0.4 is 16.2 Å². The molecule has 0 radical (unpaired) electrons. The SMILES string of the molecule is CCN(CCC#N)c1ncnc(NN)c1C(C)C. The van der Waals surface area contributed by atoms with Crippen LogP contribution in [0.5, 0.6) is 0 Å². The Morgan fingerprint density at radius 1 is 1.50 bits per heavy atom. The summed E-state index contributed by atoms with van der Waals surface area (Å²) in [6, 6.07) is 2.15. The molecule has 18 heavy (non-hydrogen) atoms. The van der Waals surface area contributed by atoms with Gasteiger partial charge in [0.2, 0.25) is 0 Å². The van der Waals surface area contributed by atoms with Gasteiger partial charge in [0.25, 0.3) is 0 Å². The molecular formula is C12H20N6. The number of hydrogen-bond donors (Lipinski definition) is 2. The molecule has 0 bridgehead atoms. The molecule has 0 spiro atoms.